The highest BCUT2D eigenvalue weighted by Crippen LogP contribution is 2.20. The van der Waals surface area contributed by atoms with Gasteiger partial charge in [-0.05, 0) is 36.8 Å². The summed E-state index contributed by atoms with van der Waals surface area (Å²) in [4.78, 5) is 11.4. The van der Waals surface area contributed by atoms with Gasteiger partial charge in [0, 0.05) is 22.5 Å². The van der Waals surface area contributed by atoms with Gasteiger partial charge in [-0.1, -0.05) is 42.3 Å². The van der Waals surface area contributed by atoms with Gasteiger partial charge in [0.25, 0.3) is 0 Å². The fourth-order valence-corrected chi connectivity index (χ4v) is 2.73. The molecule has 0 fully saturated rings. The second kappa shape index (κ2) is 8.18. The third-order valence-corrected chi connectivity index (χ3v) is 3.94. The first-order valence-electron chi connectivity index (χ1n) is 7.41. The van der Waals surface area contributed by atoms with E-state index in [0.717, 1.165) is 23.0 Å². The monoisotopic (exact) mass is 364 g/mol. The Morgan fingerprint density at radius 3 is 2.33 bits per heavy atom. The van der Waals surface area contributed by atoms with Crippen LogP contribution in [0.5, 0.6) is 0 Å². The van der Waals surface area contributed by atoms with Crippen LogP contribution in [0.4, 0.5) is 0 Å². The third-order valence-electron chi connectivity index (χ3n) is 3.47. The summed E-state index contributed by atoms with van der Waals surface area (Å²) in [5.41, 5.74) is 2.56. The molecule has 6 heteroatoms. The number of ether oxygens (including phenoxy) is 1. The first-order valence-corrected chi connectivity index (χ1v) is 8.16. The van der Waals surface area contributed by atoms with Gasteiger partial charge in [-0.15, -0.1) is 0 Å². The molecular formula is C18H18Cl2N2O2. The molecule has 0 unspecified atom stereocenters. The molecule has 0 amide bonds. The number of rotatable bonds is 2. The number of hydrogen-bond donors (Lipinski definition) is 0. The Bertz CT molecular complexity index is 842. The van der Waals surface area contributed by atoms with E-state index in [0.29, 0.717) is 15.6 Å². The van der Waals surface area contributed by atoms with Crippen molar-refractivity contribution in [1.29, 1.82) is 0 Å². The normalized spacial score (nSPS) is 10.2. The average molecular weight is 365 g/mol. The largest absolute Gasteiger partial charge is 0.465 e. The second-order valence-electron chi connectivity index (χ2n) is 5.09. The molecule has 24 heavy (non-hydrogen) atoms. The van der Waals surface area contributed by atoms with Crippen LogP contribution in [0, 0.1) is 0 Å². The third kappa shape index (κ3) is 4.28. The minimum Gasteiger partial charge on any atom is -0.465 e. The van der Waals surface area contributed by atoms with Crippen molar-refractivity contribution in [2.75, 3.05) is 7.11 Å². The molecule has 2 aromatic carbocycles. The van der Waals surface area contributed by atoms with Crippen LogP contribution in [0.1, 0.15) is 23.0 Å². The molecule has 0 saturated carbocycles. The number of methoxy groups -OCH3 is 1. The quantitative estimate of drug-likeness (QED) is 0.606. The molecule has 0 aliphatic rings. The molecule has 3 rings (SSSR count). The minimum absolute atomic E-state index is 0.318. The zero-order valence-corrected chi connectivity index (χ0v) is 15.2. The predicted octanol–water partition coefficient (Wildman–Crippen LogP) is 4.92. The van der Waals surface area contributed by atoms with Crippen molar-refractivity contribution >= 4 is 40.1 Å². The Labute approximate surface area is 150 Å². The average Bonchev–Trinajstić information content (AvgIpc) is 2.90. The number of aryl methyl sites for hydroxylation is 2. The van der Waals surface area contributed by atoms with Crippen LogP contribution in [-0.4, -0.2) is 22.9 Å². The van der Waals surface area contributed by atoms with Crippen molar-refractivity contribution in [2.45, 2.75) is 13.3 Å². The van der Waals surface area contributed by atoms with E-state index in [2.05, 4.69) is 16.8 Å². The van der Waals surface area contributed by atoms with Crippen LogP contribution < -0.4 is 0 Å². The summed E-state index contributed by atoms with van der Waals surface area (Å²) in [6, 6.07) is 12.6. The number of halogens is 2. The van der Waals surface area contributed by atoms with Crippen molar-refractivity contribution in [3.05, 3.63) is 63.8 Å². The van der Waals surface area contributed by atoms with E-state index in [1.807, 2.05) is 25.2 Å². The van der Waals surface area contributed by atoms with Gasteiger partial charge in [0.15, 0.2) is 0 Å². The molecule has 0 aliphatic heterocycles. The molecule has 0 aliphatic carbocycles. The Kier molecular flexibility index (Phi) is 6.23. The molecule has 4 nitrogen and oxygen atoms in total. The summed E-state index contributed by atoms with van der Waals surface area (Å²) in [5, 5.41) is 6.85. The maximum absolute atomic E-state index is 11.4. The van der Waals surface area contributed by atoms with Crippen LogP contribution >= 0.6 is 23.2 Å². The number of carbonyl (C=O) groups is 1. The molecule has 0 atom stereocenters. The fourth-order valence-electron chi connectivity index (χ4n) is 2.30. The Balaban J connectivity index is 0.000000219. The van der Waals surface area contributed by atoms with E-state index in [1.165, 1.54) is 7.11 Å². The van der Waals surface area contributed by atoms with Gasteiger partial charge < -0.3 is 4.74 Å². The predicted molar refractivity (Wildman–Crippen MR) is 97.9 cm³/mol. The van der Waals surface area contributed by atoms with E-state index in [4.69, 9.17) is 23.2 Å². The fraction of sp³-hybridized carbons (Fsp3) is 0.222. The maximum atomic E-state index is 11.4. The molecule has 1 heterocycles. The van der Waals surface area contributed by atoms with Crippen molar-refractivity contribution < 1.29 is 9.53 Å². The molecule has 1 aromatic heterocycles. The van der Waals surface area contributed by atoms with Crippen molar-refractivity contribution in [3.63, 3.8) is 0 Å². The number of nitrogens with zero attached hydrogens (tertiary/aromatic N) is 2. The molecule has 0 bridgehead atoms. The van der Waals surface area contributed by atoms with Crippen LogP contribution in [-0.2, 0) is 18.2 Å². The van der Waals surface area contributed by atoms with Crippen LogP contribution in [0.15, 0.2) is 42.5 Å². The zero-order chi connectivity index (χ0) is 17.7. The van der Waals surface area contributed by atoms with Crippen LogP contribution in [0.2, 0.25) is 10.0 Å². The highest BCUT2D eigenvalue weighted by atomic mass is 35.5. The Morgan fingerprint density at radius 2 is 1.83 bits per heavy atom. The molecule has 126 valence electrons. The van der Waals surface area contributed by atoms with E-state index in [-0.39, 0.29) is 5.97 Å². The van der Waals surface area contributed by atoms with Gasteiger partial charge >= 0.3 is 5.97 Å². The smallest absolute Gasteiger partial charge is 0.337 e. The second-order valence-corrected chi connectivity index (χ2v) is 5.96. The van der Waals surface area contributed by atoms with E-state index in [1.54, 1.807) is 28.9 Å². The highest BCUT2D eigenvalue weighted by molar-refractivity contribution is 6.34. The highest BCUT2D eigenvalue weighted by Gasteiger charge is 2.11. The number of esters is 1. The lowest BCUT2D eigenvalue weighted by Gasteiger charge is -2.00. The summed E-state index contributed by atoms with van der Waals surface area (Å²) in [5.74, 6) is -0.318. The summed E-state index contributed by atoms with van der Waals surface area (Å²) >= 11 is 11.1. The van der Waals surface area contributed by atoms with Gasteiger partial charge in [0.2, 0.25) is 0 Å². The van der Waals surface area contributed by atoms with Crippen molar-refractivity contribution in [3.8, 4) is 0 Å². The molecule has 3 aromatic rings. The molecule has 0 saturated heterocycles. The standard InChI is InChI=1S/C12H14N2O2.C6H4Cl2/c1-4-10-9-6-5-8(12(15)16-3)7-11(9)14(2)13-10;7-5-2-1-3-6(8)4-5/h5-7H,4H2,1-3H3;1-4H. The molecule has 0 radical (unpaired) electrons. The number of benzene rings is 2. The summed E-state index contributed by atoms with van der Waals surface area (Å²) < 4.78 is 6.48. The summed E-state index contributed by atoms with van der Waals surface area (Å²) in [7, 11) is 3.26. The number of carbonyl (C=O) groups excluding carboxylic acids is 1. The van der Waals surface area contributed by atoms with Crippen molar-refractivity contribution in [1.82, 2.24) is 9.78 Å². The lowest BCUT2D eigenvalue weighted by atomic mass is 10.1. The lowest BCUT2D eigenvalue weighted by Crippen LogP contribution is -2.01. The SMILES string of the molecule is CCc1nn(C)c2cc(C(=O)OC)ccc12.Clc1cccc(Cl)c1. The number of fused-ring (bicyclic) bond motifs is 1. The minimum atomic E-state index is -0.318. The van der Waals surface area contributed by atoms with Gasteiger partial charge in [0.05, 0.1) is 23.9 Å². The molecular weight excluding hydrogens is 347 g/mol. The first-order chi connectivity index (χ1) is 11.5. The van der Waals surface area contributed by atoms with Gasteiger partial charge in [-0.25, -0.2) is 4.79 Å². The number of aromatic nitrogens is 2. The Morgan fingerprint density at radius 1 is 1.17 bits per heavy atom. The van der Waals surface area contributed by atoms with Crippen LogP contribution in [0.25, 0.3) is 10.9 Å². The van der Waals surface area contributed by atoms with Gasteiger partial charge in [-0.2, -0.15) is 5.10 Å². The van der Waals surface area contributed by atoms with Gasteiger partial charge in [0.1, 0.15) is 0 Å². The Hall–Kier alpha value is -2.04. The van der Waals surface area contributed by atoms with E-state index < -0.39 is 0 Å². The topological polar surface area (TPSA) is 44.1 Å². The summed E-state index contributed by atoms with van der Waals surface area (Å²) in [6.07, 6.45) is 0.884. The lowest BCUT2D eigenvalue weighted by molar-refractivity contribution is 0.0601. The maximum Gasteiger partial charge on any atom is 0.337 e. The summed E-state index contributed by atoms with van der Waals surface area (Å²) in [6.45, 7) is 2.07. The van der Waals surface area contributed by atoms with Gasteiger partial charge in [-0.3, -0.25) is 4.68 Å². The molecule has 0 N–H and O–H groups in total. The van der Waals surface area contributed by atoms with E-state index >= 15 is 0 Å². The van der Waals surface area contributed by atoms with Crippen molar-refractivity contribution in [2.24, 2.45) is 7.05 Å². The molecule has 0 spiro atoms. The van der Waals surface area contributed by atoms with Crippen LogP contribution in [0.3, 0.4) is 0 Å². The first kappa shape index (κ1) is 18.3. The van der Waals surface area contributed by atoms with E-state index in [9.17, 15) is 4.79 Å². The number of hydrogen-bond acceptors (Lipinski definition) is 3. The zero-order valence-electron chi connectivity index (χ0n) is 13.7.